The lowest BCUT2D eigenvalue weighted by Crippen LogP contribution is -2.10. The lowest BCUT2D eigenvalue weighted by atomic mass is 10.1. The molecular formula is C14H21NOS. The number of benzene rings is 1. The average Bonchev–Trinajstić information content (AvgIpc) is 2.77. The Bertz CT molecular complexity index is 411. The third-order valence-electron chi connectivity index (χ3n) is 3.70. The van der Waals surface area contributed by atoms with Crippen LogP contribution in [-0.4, -0.2) is 9.96 Å². The van der Waals surface area contributed by atoms with Crippen molar-refractivity contribution >= 4 is 16.5 Å². The first-order valence-corrected chi connectivity index (χ1v) is 7.84. The number of nitrogen functional groups attached to an aromatic ring is 1. The summed E-state index contributed by atoms with van der Waals surface area (Å²) in [5, 5.41) is 0. The van der Waals surface area contributed by atoms with Gasteiger partial charge in [-0.25, -0.2) is 0 Å². The highest BCUT2D eigenvalue weighted by molar-refractivity contribution is 7.84. The van der Waals surface area contributed by atoms with E-state index in [1.54, 1.807) is 0 Å². The summed E-state index contributed by atoms with van der Waals surface area (Å²) in [6.07, 6.45) is 5.17. The lowest BCUT2D eigenvalue weighted by Gasteiger charge is -2.11. The zero-order chi connectivity index (χ0) is 12.3. The van der Waals surface area contributed by atoms with Gasteiger partial charge in [0, 0.05) is 28.0 Å². The number of anilines is 1. The van der Waals surface area contributed by atoms with Crippen LogP contribution in [0.15, 0.2) is 18.2 Å². The summed E-state index contributed by atoms with van der Waals surface area (Å²) in [4.78, 5) is 0. The normalized spacial score (nSPS) is 18.4. The van der Waals surface area contributed by atoms with Crippen LogP contribution < -0.4 is 5.73 Å². The van der Waals surface area contributed by atoms with Gasteiger partial charge in [-0.05, 0) is 42.9 Å². The Kier molecular flexibility index (Phi) is 4.21. The second kappa shape index (κ2) is 5.67. The summed E-state index contributed by atoms with van der Waals surface area (Å²) >= 11 is 0. The average molecular weight is 251 g/mol. The van der Waals surface area contributed by atoms with Crippen molar-refractivity contribution in [1.29, 1.82) is 0 Å². The molecule has 0 radical (unpaired) electrons. The van der Waals surface area contributed by atoms with Gasteiger partial charge in [-0.2, -0.15) is 0 Å². The maximum atomic E-state index is 12.1. The third-order valence-corrected chi connectivity index (χ3v) is 5.18. The minimum atomic E-state index is -0.735. The highest BCUT2D eigenvalue weighted by Gasteiger charge is 2.18. The molecule has 1 fully saturated rings. The summed E-state index contributed by atoms with van der Waals surface area (Å²) < 4.78 is 12.1. The molecule has 0 saturated heterocycles. The first-order chi connectivity index (χ1) is 8.16. The first kappa shape index (κ1) is 12.6. The number of hydrogen-bond donors (Lipinski definition) is 1. The van der Waals surface area contributed by atoms with E-state index in [-0.39, 0.29) is 0 Å². The van der Waals surface area contributed by atoms with E-state index in [2.05, 4.69) is 0 Å². The van der Waals surface area contributed by atoms with Gasteiger partial charge in [-0.3, -0.25) is 4.21 Å². The number of rotatable bonds is 4. The summed E-state index contributed by atoms with van der Waals surface area (Å²) in [5.74, 6) is 2.22. The third kappa shape index (κ3) is 3.32. The molecule has 0 aromatic heterocycles. The summed E-state index contributed by atoms with van der Waals surface area (Å²) in [6.45, 7) is 2.01. The van der Waals surface area contributed by atoms with Crippen LogP contribution >= 0.6 is 0 Å². The molecule has 1 atom stereocenters. The molecule has 2 nitrogen and oxygen atoms in total. The fourth-order valence-electron chi connectivity index (χ4n) is 2.53. The number of nitrogens with two attached hydrogens (primary N) is 1. The van der Waals surface area contributed by atoms with Crippen molar-refractivity contribution in [2.24, 2.45) is 5.92 Å². The van der Waals surface area contributed by atoms with Gasteiger partial charge < -0.3 is 5.73 Å². The zero-order valence-corrected chi connectivity index (χ0v) is 11.3. The van der Waals surface area contributed by atoms with Crippen LogP contribution in [0.4, 0.5) is 5.69 Å². The van der Waals surface area contributed by atoms with E-state index in [0.717, 1.165) is 22.6 Å². The van der Waals surface area contributed by atoms with Crippen molar-refractivity contribution in [2.45, 2.75) is 38.4 Å². The molecule has 1 unspecified atom stereocenters. The van der Waals surface area contributed by atoms with Crippen molar-refractivity contribution < 1.29 is 4.21 Å². The second-order valence-electron chi connectivity index (χ2n) is 5.03. The molecule has 1 aromatic rings. The van der Waals surface area contributed by atoms with Crippen molar-refractivity contribution in [3.8, 4) is 0 Å². The Morgan fingerprint density at radius 2 is 2.06 bits per heavy atom. The van der Waals surface area contributed by atoms with Crippen molar-refractivity contribution in [1.82, 2.24) is 0 Å². The first-order valence-electron chi connectivity index (χ1n) is 6.36. The molecule has 0 amide bonds. The minimum absolute atomic E-state index is 0.660. The lowest BCUT2D eigenvalue weighted by molar-refractivity contribution is 0.604. The SMILES string of the molecule is Cc1c(N)cccc1CS(=O)CC1CCCC1. The van der Waals surface area contributed by atoms with Crippen LogP contribution in [0.3, 0.4) is 0 Å². The second-order valence-corrected chi connectivity index (χ2v) is 6.53. The van der Waals surface area contributed by atoms with Crippen LogP contribution in [-0.2, 0) is 16.6 Å². The Balaban J connectivity index is 1.95. The van der Waals surface area contributed by atoms with Gasteiger partial charge in [0.1, 0.15) is 0 Å². The predicted molar refractivity (Wildman–Crippen MR) is 74.3 cm³/mol. The molecule has 0 aliphatic heterocycles. The largest absolute Gasteiger partial charge is 0.399 e. The molecular weight excluding hydrogens is 230 g/mol. The van der Waals surface area contributed by atoms with Gasteiger partial charge in [0.15, 0.2) is 0 Å². The Morgan fingerprint density at radius 1 is 1.35 bits per heavy atom. The van der Waals surface area contributed by atoms with Crippen molar-refractivity contribution in [3.63, 3.8) is 0 Å². The van der Waals surface area contributed by atoms with Gasteiger partial charge in [-0.1, -0.05) is 25.0 Å². The van der Waals surface area contributed by atoms with E-state index >= 15 is 0 Å². The van der Waals surface area contributed by atoms with E-state index in [4.69, 9.17) is 5.73 Å². The Morgan fingerprint density at radius 3 is 2.76 bits per heavy atom. The van der Waals surface area contributed by atoms with E-state index in [9.17, 15) is 4.21 Å². The molecule has 1 aliphatic carbocycles. The highest BCUT2D eigenvalue weighted by Crippen LogP contribution is 2.26. The van der Waals surface area contributed by atoms with Crippen LogP contribution in [0.2, 0.25) is 0 Å². The Hall–Kier alpha value is -0.830. The van der Waals surface area contributed by atoms with Crippen LogP contribution in [0.1, 0.15) is 36.8 Å². The molecule has 1 saturated carbocycles. The van der Waals surface area contributed by atoms with Crippen molar-refractivity contribution in [2.75, 3.05) is 11.5 Å². The smallest absolute Gasteiger partial charge is 0.0489 e. The summed E-state index contributed by atoms with van der Waals surface area (Å²) in [5.41, 5.74) is 8.90. The molecule has 94 valence electrons. The molecule has 0 spiro atoms. The molecule has 17 heavy (non-hydrogen) atoms. The fourth-order valence-corrected chi connectivity index (χ4v) is 4.17. The minimum Gasteiger partial charge on any atom is -0.399 e. The van der Waals surface area contributed by atoms with E-state index < -0.39 is 10.8 Å². The maximum absolute atomic E-state index is 12.1. The molecule has 2 N–H and O–H groups in total. The molecule has 3 heteroatoms. The van der Waals surface area contributed by atoms with Gasteiger partial charge >= 0.3 is 0 Å². The highest BCUT2D eigenvalue weighted by atomic mass is 32.2. The van der Waals surface area contributed by atoms with Crippen molar-refractivity contribution in [3.05, 3.63) is 29.3 Å². The molecule has 0 heterocycles. The van der Waals surface area contributed by atoms with Crippen LogP contribution in [0.25, 0.3) is 0 Å². The Labute approximate surface area is 106 Å². The summed E-state index contributed by atoms with van der Waals surface area (Å²) in [6, 6.07) is 5.89. The summed E-state index contributed by atoms with van der Waals surface area (Å²) in [7, 11) is -0.735. The molecule has 1 aromatic carbocycles. The zero-order valence-electron chi connectivity index (χ0n) is 10.4. The van der Waals surface area contributed by atoms with Crippen LogP contribution in [0.5, 0.6) is 0 Å². The van der Waals surface area contributed by atoms with Gasteiger partial charge in [-0.15, -0.1) is 0 Å². The maximum Gasteiger partial charge on any atom is 0.0489 e. The van der Waals surface area contributed by atoms with Gasteiger partial charge in [0.25, 0.3) is 0 Å². The van der Waals surface area contributed by atoms with E-state index in [1.165, 1.54) is 25.7 Å². The predicted octanol–water partition coefficient (Wildman–Crippen LogP) is 3.02. The molecule has 1 aliphatic rings. The monoisotopic (exact) mass is 251 g/mol. The quantitative estimate of drug-likeness (QED) is 0.836. The topological polar surface area (TPSA) is 43.1 Å². The van der Waals surface area contributed by atoms with E-state index in [0.29, 0.717) is 11.7 Å². The van der Waals surface area contributed by atoms with Crippen LogP contribution in [0, 0.1) is 12.8 Å². The van der Waals surface area contributed by atoms with Gasteiger partial charge in [0.05, 0.1) is 0 Å². The van der Waals surface area contributed by atoms with E-state index in [1.807, 2.05) is 25.1 Å². The van der Waals surface area contributed by atoms with Gasteiger partial charge in [0.2, 0.25) is 0 Å². The molecule has 2 rings (SSSR count). The molecule has 0 bridgehead atoms. The standard InChI is InChI=1S/C14H21NOS/c1-11-13(7-4-8-14(11)15)10-17(16)9-12-5-2-3-6-12/h4,7-8,12H,2-3,5-6,9-10,15H2,1H3. The fraction of sp³-hybridized carbons (Fsp3) is 0.571. The number of hydrogen-bond acceptors (Lipinski definition) is 2.